The van der Waals surface area contributed by atoms with Gasteiger partial charge in [0.25, 0.3) is 0 Å². The smallest absolute Gasteiger partial charge is 0.175 e. The number of likely N-dealkylation sites (tertiary alicyclic amines) is 1. The molecule has 1 fully saturated rings. The average Bonchev–Trinajstić information content (AvgIpc) is 3.20. The Morgan fingerprint density at radius 3 is 2.19 bits per heavy atom. The number of aliphatic hydroxyl groups is 1. The monoisotopic (exact) mass is 517 g/mol. The number of rotatable bonds is 6. The predicted molar refractivity (Wildman–Crippen MR) is 149 cm³/mol. The standard InChI is InChI=1S/C30H35N3O3S/c1-21-19-25(23-7-5-22(6-8-23)13-16-33-17-14-30(2,34)15-18-33)20-27-28(21)31-29(32(27)3)24-9-11-26(12-10-24)37(4,35)36/h5-12,19-20,34H,13-18H2,1-4H3. The van der Waals surface area contributed by atoms with Gasteiger partial charge < -0.3 is 14.6 Å². The second-order valence-electron chi connectivity index (χ2n) is 10.7. The minimum Gasteiger partial charge on any atom is -0.390 e. The fourth-order valence-corrected chi connectivity index (χ4v) is 5.77. The van der Waals surface area contributed by atoms with E-state index in [4.69, 9.17) is 4.98 Å². The first-order valence-corrected chi connectivity index (χ1v) is 14.7. The van der Waals surface area contributed by atoms with Crippen molar-refractivity contribution in [3.05, 3.63) is 71.8 Å². The van der Waals surface area contributed by atoms with Crippen molar-refractivity contribution in [2.24, 2.45) is 7.05 Å². The molecule has 0 radical (unpaired) electrons. The summed E-state index contributed by atoms with van der Waals surface area (Å²) in [5.74, 6) is 0.810. The van der Waals surface area contributed by atoms with Crippen LogP contribution in [0.5, 0.6) is 0 Å². The number of imidazole rings is 1. The zero-order chi connectivity index (χ0) is 26.4. The SMILES string of the molecule is Cc1cc(-c2ccc(CCN3CCC(C)(O)CC3)cc2)cc2c1nc(-c1ccc(S(C)(=O)=O)cc1)n2C. The van der Waals surface area contributed by atoms with E-state index in [1.807, 2.05) is 26.1 Å². The van der Waals surface area contributed by atoms with Gasteiger partial charge in [0.15, 0.2) is 9.84 Å². The highest BCUT2D eigenvalue weighted by Crippen LogP contribution is 2.31. The van der Waals surface area contributed by atoms with Gasteiger partial charge in [-0.2, -0.15) is 0 Å². The van der Waals surface area contributed by atoms with Gasteiger partial charge in [-0.1, -0.05) is 24.3 Å². The highest BCUT2D eigenvalue weighted by molar-refractivity contribution is 7.90. The van der Waals surface area contributed by atoms with Crippen LogP contribution >= 0.6 is 0 Å². The van der Waals surface area contributed by atoms with E-state index in [0.29, 0.717) is 4.90 Å². The van der Waals surface area contributed by atoms with Crippen molar-refractivity contribution < 1.29 is 13.5 Å². The lowest BCUT2D eigenvalue weighted by Gasteiger charge is -2.35. The largest absolute Gasteiger partial charge is 0.390 e. The van der Waals surface area contributed by atoms with Crippen LogP contribution in [0.3, 0.4) is 0 Å². The van der Waals surface area contributed by atoms with E-state index in [1.54, 1.807) is 12.1 Å². The Balaban J connectivity index is 1.35. The van der Waals surface area contributed by atoms with Crippen LogP contribution in [-0.4, -0.2) is 59.5 Å². The summed E-state index contributed by atoms with van der Waals surface area (Å²) < 4.78 is 25.7. The zero-order valence-electron chi connectivity index (χ0n) is 22.0. The molecule has 5 rings (SSSR count). The molecule has 0 unspecified atom stereocenters. The number of aryl methyl sites for hydroxylation is 2. The summed E-state index contributed by atoms with van der Waals surface area (Å²) >= 11 is 0. The van der Waals surface area contributed by atoms with Crippen LogP contribution in [0.25, 0.3) is 33.5 Å². The van der Waals surface area contributed by atoms with Gasteiger partial charge in [0.05, 0.1) is 21.5 Å². The zero-order valence-corrected chi connectivity index (χ0v) is 22.8. The van der Waals surface area contributed by atoms with Crippen molar-refractivity contribution in [3.63, 3.8) is 0 Å². The van der Waals surface area contributed by atoms with Gasteiger partial charge in [0.2, 0.25) is 0 Å². The molecule has 6 nitrogen and oxygen atoms in total. The second kappa shape index (κ2) is 9.71. The van der Waals surface area contributed by atoms with E-state index in [0.717, 1.165) is 72.4 Å². The fourth-order valence-electron chi connectivity index (χ4n) is 5.14. The van der Waals surface area contributed by atoms with Gasteiger partial charge in [-0.05, 0) is 91.8 Å². The molecule has 3 aromatic carbocycles. The molecule has 37 heavy (non-hydrogen) atoms. The van der Waals surface area contributed by atoms with Crippen molar-refractivity contribution >= 4 is 20.9 Å². The van der Waals surface area contributed by atoms with Gasteiger partial charge in [-0.15, -0.1) is 0 Å². The van der Waals surface area contributed by atoms with Crippen molar-refractivity contribution in [1.29, 1.82) is 0 Å². The third kappa shape index (κ3) is 5.49. The fraction of sp³-hybridized carbons (Fsp3) is 0.367. The maximum atomic E-state index is 11.8. The van der Waals surface area contributed by atoms with Crippen LogP contribution < -0.4 is 0 Å². The Bertz CT molecular complexity index is 1530. The number of nitrogens with zero attached hydrogens (tertiary/aromatic N) is 3. The highest BCUT2D eigenvalue weighted by Gasteiger charge is 2.26. The normalized spacial score (nSPS) is 16.4. The van der Waals surface area contributed by atoms with Crippen molar-refractivity contribution in [2.45, 2.75) is 43.6 Å². The minimum absolute atomic E-state index is 0.306. The molecular formula is C30H35N3O3S. The Morgan fingerprint density at radius 2 is 1.57 bits per heavy atom. The minimum atomic E-state index is -3.24. The van der Waals surface area contributed by atoms with E-state index >= 15 is 0 Å². The van der Waals surface area contributed by atoms with Gasteiger partial charge in [0, 0.05) is 38.5 Å². The summed E-state index contributed by atoms with van der Waals surface area (Å²) in [6, 6.07) is 20.1. The van der Waals surface area contributed by atoms with Crippen LogP contribution in [0, 0.1) is 6.92 Å². The van der Waals surface area contributed by atoms with E-state index < -0.39 is 15.4 Å². The number of benzene rings is 3. The number of fused-ring (bicyclic) bond motifs is 1. The number of piperidine rings is 1. The molecule has 1 aliphatic rings. The molecular weight excluding hydrogens is 482 g/mol. The first-order valence-electron chi connectivity index (χ1n) is 12.8. The Hall–Kier alpha value is -3.00. The van der Waals surface area contributed by atoms with Crippen LogP contribution in [-0.2, 0) is 23.3 Å². The Kier molecular flexibility index (Phi) is 6.73. The molecule has 0 spiro atoms. The summed E-state index contributed by atoms with van der Waals surface area (Å²) in [7, 11) is -1.23. The number of sulfone groups is 1. The lowest BCUT2D eigenvalue weighted by Crippen LogP contribution is -2.43. The second-order valence-corrected chi connectivity index (χ2v) is 12.8. The summed E-state index contributed by atoms with van der Waals surface area (Å²) in [5.41, 5.74) is 7.11. The third-order valence-electron chi connectivity index (χ3n) is 7.66. The topological polar surface area (TPSA) is 75.4 Å². The van der Waals surface area contributed by atoms with Crippen LogP contribution in [0.15, 0.2) is 65.6 Å². The molecule has 1 aliphatic heterocycles. The van der Waals surface area contributed by atoms with Crippen LogP contribution in [0.4, 0.5) is 0 Å². The number of aromatic nitrogens is 2. The first kappa shape index (κ1) is 25.6. The summed E-state index contributed by atoms with van der Waals surface area (Å²) in [4.78, 5) is 7.64. The van der Waals surface area contributed by atoms with Gasteiger partial charge in [-0.25, -0.2) is 13.4 Å². The molecule has 0 aliphatic carbocycles. The summed E-state index contributed by atoms with van der Waals surface area (Å²) in [6.07, 6.45) is 3.91. The van der Waals surface area contributed by atoms with E-state index in [2.05, 4.69) is 52.8 Å². The van der Waals surface area contributed by atoms with Gasteiger partial charge >= 0.3 is 0 Å². The van der Waals surface area contributed by atoms with Crippen molar-refractivity contribution in [3.8, 4) is 22.5 Å². The van der Waals surface area contributed by atoms with Crippen molar-refractivity contribution in [2.75, 3.05) is 25.9 Å². The molecule has 2 heterocycles. The lowest BCUT2D eigenvalue weighted by atomic mass is 9.93. The molecule has 194 valence electrons. The lowest BCUT2D eigenvalue weighted by molar-refractivity contribution is -0.00491. The van der Waals surface area contributed by atoms with Crippen LogP contribution in [0.1, 0.15) is 30.9 Å². The van der Waals surface area contributed by atoms with Crippen LogP contribution in [0.2, 0.25) is 0 Å². The molecule has 7 heteroatoms. The maximum Gasteiger partial charge on any atom is 0.175 e. The first-order chi connectivity index (χ1) is 17.5. The quantitative estimate of drug-likeness (QED) is 0.389. The molecule has 1 aromatic heterocycles. The summed E-state index contributed by atoms with van der Waals surface area (Å²) in [5, 5.41) is 10.2. The number of hydrogen-bond acceptors (Lipinski definition) is 5. The molecule has 0 bridgehead atoms. The number of hydrogen-bond donors (Lipinski definition) is 1. The maximum absolute atomic E-state index is 11.8. The predicted octanol–water partition coefficient (Wildman–Crippen LogP) is 5.01. The third-order valence-corrected chi connectivity index (χ3v) is 8.78. The van der Waals surface area contributed by atoms with Gasteiger partial charge in [-0.3, -0.25) is 0 Å². The molecule has 0 amide bonds. The highest BCUT2D eigenvalue weighted by atomic mass is 32.2. The van der Waals surface area contributed by atoms with Gasteiger partial charge in [0.1, 0.15) is 5.82 Å². The molecule has 1 N–H and O–H groups in total. The van der Waals surface area contributed by atoms with E-state index in [9.17, 15) is 13.5 Å². The summed E-state index contributed by atoms with van der Waals surface area (Å²) in [6.45, 7) is 6.95. The molecule has 4 aromatic rings. The molecule has 0 saturated carbocycles. The molecule has 0 atom stereocenters. The van der Waals surface area contributed by atoms with Crippen molar-refractivity contribution in [1.82, 2.24) is 14.5 Å². The molecule has 1 saturated heterocycles. The van der Waals surface area contributed by atoms with E-state index in [-0.39, 0.29) is 0 Å². The average molecular weight is 518 g/mol. The Labute approximate surface area is 219 Å². The Morgan fingerprint density at radius 1 is 0.946 bits per heavy atom. The van der Waals surface area contributed by atoms with E-state index in [1.165, 1.54) is 17.4 Å².